The second-order valence-corrected chi connectivity index (χ2v) is 9.87. The van der Waals surface area contributed by atoms with Crippen LogP contribution in [0.1, 0.15) is 122 Å². The highest BCUT2D eigenvalue weighted by Crippen LogP contribution is 2.14. The van der Waals surface area contributed by atoms with Gasteiger partial charge in [0.25, 0.3) is 0 Å². The highest BCUT2D eigenvalue weighted by Gasteiger charge is 2.35. The fourth-order valence-electron chi connectivity index (χ4n) is 3.97. The standard InChI is InChI=1S/C28H50O10/c1-2-3-4-5-6-7-8-9-10-11-12-13-14-19-26(35)38-28(27(36)22(30)20-29)23(31)21-37-25(34)18-16-15-17-24(32)33/h22,27-30,36H,2-21H2,1H3,(H,32,33)/t22-,27+,28+/m1/s1. The van der Waals surface area contributed by atoms with Crippen LogP contribution in [0.15, 0.2) is 0 Å². The van der Waals surface area contributed by atoms with Gasteiger partial charge in [0.1, 0.15) is 12.2 Å². The fraction of sp³-hybridized carbons (Fsp3) is 0.857. The van der Waals surface area contributed by atoms with Gasteiger partial charge >= 0.3 is 17.9 Å². The molecule has 222 valence electrons. The first kappa shape index (κ1) is 36.0. The van der Waals surface area contributed by atoms with Gasteiger partial charge in [-0.3, -0.25) is 19.2 Å². The Morgan fingerprint density at radius 2 is 1.11 bits per heavy atom. The zero-order chi connectivity index (χ0) is 28.6. The molecular formula is C28H50O10. The van der Waals surface area contributed by atoms with Crippen LogP contribution in [0.3, 0.4) is 0 Å². The molecule has 0 spiro atoms. The monoisotopic (exact) mass is 546 g/mol. The summed E-state index contributed by atoms with van der Waals surface area (Å²) in [5.74, 6) is -3.37. The summed E-state index contributed by atoms with van der Waals surface area (Å²) >= 11 is 0. The minimum Gasteiger partial charge on any atom is -0.481 e. The predicted octanol–water partition coefficient (Wildman–Crippen LogP) is 3.85. The highest BCUT2D eigenvalue weighted by molar-refractivity contribution is 5.88. The molecule has 0 aromatic rings. The van der Waals surface area contributed by atoms with Crippen molar-refractivity contribution in [2.75, 3.05) is 13.2 Å². The molecular weight excluding hydrogens is 496 g/mol. The minimum absolute atomic E-state index is 0.0346. The maximum atomic E-state index is 12.5. The van der Waals surface area contributed by atoms with E-state index in [2.05, 4.69) is 6.92 Å². The van der Waals surface area contributed by atoms with Gasteiger partial charge in [-0.15, -0.1) is 0 Å². The Balaban J connectivity index is 4.25. The highest BCUT2D eigenvalue weighted by atomic mass is 16.6. The summed E-state index contributed by atoms with van der Waals surface area (Å²) in [5, 5.41) is 37.6. The third-order valence-corrected chi connectivity index (χ3v) is 6.35. The molecule has 0 saturated heterocycles. The van der Waals surface area contributed by atoms with E-state index in [9.17, 15) is 29.4 Å². The van der Waals surface area contributed by atoms with Gasteiger partial charge < -0.3 is 29.9 Å². The van der Waals surface area contributed by atoms with Crippen molar-refractivity contribution in [2.24, 2.45) is 0 Å². The number of carboxylic acid groups (broad SMARTS) is 1. The number of Topliss-reactive ketones (excluding diaryl/α,β-unsaturated/α-hetero) is 1. The minimum atomic E-state index is -1.88. The van der Waals surface area contributed by atoms with E-state index in [-0.39, 0.29) is 32.1 Å². The Kier molecular flexibility index (Phi) is 22.7. The van der Waals surface area contributed by atoms with Crippen molar-refractivity contribution in [1.29, 1.82) is 0 Å². The van der Waals surface area contributed by atoms with Crippen molar-refractivity contribution in [2.45, 2.75) is 141 Å². The number of carbonyl (C=O) groups excluding carboxylic acids is 3. The van der Waals surface area contributed by atoms with Crippen LogP contribution < -0.4 is 0 Å². The summed E-state index contributed by atoms with van der Waals surface area (Å²) in [6, 6.07) is 0. The molecule has 0 rings (SSSR count). The van der Waals surface area contributed by atoms with Crippen LogP contribution >= 0.6 is 0 Å². The van der Waals surface area contributed by atoms with Crippen molar-refractivity contribution in [1.82, 2.24) is 0 Å². The number of hydrogen-bond acceptors (Lipinski definition) is 9. The third-order valence-electron chi connectivity index (χ3n) is 6.35. The maximum Gasteiger partial charge on any atom is 0.306 e. The van der Waals surface area contributed by atoms with Crippen molar-refractivity contribution in [3.63, 3.8) is 0 Å². The number of ketones is 1. The number of carbonyl (C=O) groups is 4. The van der Waals surface area contributed by atoms with Gasteiger partial charge in [-0.1, -0.05) is 84.0 Å². The zero-order valence-electron chi connectivity index (χ0n) is 23.1. The smallest absolute Gasteiger partial charge is 0.306 e. The SMILES string of the molecule is CCCCCCCCCCCCCCCC(=O)O[C@@H](C(=O)COC(=O)CCCCC(=O)O)[C@@H](O)[C@H](O)CO. The summed E-state index contributed by atoms with van der Waals surface area (Å²) in [6.07, 6.45) is 9.97. The van der Waals surface area contributed by atoms with Gasteiger partial charge in [-0.2, -0.15) is 0 Å². The largest absolute Gasteiger partial charge is 0.481 e. The van der Waals surface area contributed by atoms with Crippen molar-refractivity contribution in [3.8, 4) is 0 Å². The number of esters is 2. The molecule has 0 unspecified atom stereocenters. The molecule has 0 aliphatic heterocycles. The molecule has 10 heteroatoms. The Bertz CT molecular complexity index is 652. The van der Waals surface area contributed by atoms with Gasteiger partial charge in [-0.05, 0) is 19.3 Å². The van der Waals surface area contributed by atoms with Crippen LogP contribution in [0.4, 0.5) is 0 Å². The molecule has 0 aliphatic carbocycles. The first-order chi connectivity index (χ1) is 18.2. The predicted molar refractivity (Wildman–Crippen MR) is 141 cm³/mol. The van der Waals surface area contributed by atoms with Crippen molar-refractivity contribution >= 4 is 23.7 Å². The van der Waals surface area contributed by atoms with Crippen LogP contribution in [0.5, 0.6) is 0 Å². The van der Waals surface area contributed by atoms with E-state index in [0.29, 0.717) is 6.42 Å². The van der Waals surface area contributed by atoms with E-state index in [0.717, 1.165) is 19.3 Å². The quantitative estimate of drug-likeness (QED) is 0.0923. The summed E-state index contributed by atoms with van der Waals surface area (Å²) in [4.78, 5) is 47.0. The van der Waals surface area contributed by atoms with Crippen LogP contribution in [0, 0.1) is 0 Å². The Labute approximate surface area is 227 Å². The number of aliphatic hydroxyl groups excluding tert-OH is 3. The zero-order valence-corrected chi connectivity index (χ0v) is 23.1. The molecule has 0 amide bonds. The Morgan fingerprint density at radius 1 is 0.658 bits per heavy atom. The second-order valence-electron chi connectivity index (χ2n) is 9.87. The number of ether oxygens (including phenoxy) is 2. The van der Waals surface area contributed by atoms with E-state index in [4.69, 9.17) is 19.7 Å². The normalized spacial score (nSPS) is 13.5. The van der Waals surface area contributed by atoms with E-state index in [1.54, 1.807) is 0 Å². The average molecular weight is 547 g/mol. The molecule has 0 bridgehead atoms. The number of aliphatic carboxylic acids is 1. The summed E-state index contributed by atoms with van der Waals surface area (Å²) in [7, 11) is 0. The average Bonchev–Trinajstić information content (AvgIpc) is 2.89. The first-order valence-electron chi connectivity index (χ1n) is 14.3. The summed E-state index contributed by atoms with van der Waals surface area (Å²) in [6.45, 7) is 0.574. The number of rotatable bonds is 26. The third kappa shape index (κ3) is 20.0. The van der Waals surface area contributed by atoms with Crippen LogP contribution in [0.25, 0.3) is 0 Å². The van der Waals surface area contributed by atoms with Gasteiger partial charge in [0.2, 0.25) is 5.78 Å². The lowest BCUT2D eigenvalue weighted by Crippen LogP contribution is -2.47. The molecule has 0 radical (unpaired) electrons. The van der Waals surface area contributed by atoms with Gasteiger partial charge in [0.15, 0.2) is 12.7 Å². The lowest BCUT2D eigenvalue weighted by Gasteiger charge is -2.24. The molecule has 0 aliphatic rings. The molecule has 0 saturated carbocycles. The summed E-state index contributed by atoms with van der Waals surface area (Å²) < 4.78 is 9.93. The van der Waals surface area contributed by atoms with Crippen molar-refractivity contribution in [3.05, 3.63) is 0 Å². The molecule has 0 fully saturated rings. The second kappa shape index (κ2) is 24.0. The lowest BCUT2D eigenvalue weighted by atomic mass is 10.0. The van der Waals surface area contributed by atoms with E-state index >= 15 is 0 Å². The number of unbranched alkanes of at least 4 members (excludes halogenated alkanes) is 13. The fourth-order valence-corrected chi connectivity index (χ4v) is 3.97. The van der Waals surface area contributed by atoms with E-state index in [1.807, 2.05) is 0 Å². The first-order valence-corrected chi connectivity index (χ1v) is 14.3. The molecule has 3 atom stereocenters. The maximum absolute atomic E-state index is 12.5. The van der Waals surface area contributed by atoms with Gasteiger partial charge in [-0.25, -0.2) is 0 Å². The Hall–Kier alpha value is -2.04. The number of carboxylic acids is 1. The number of aliphatic hydroxyl groups is 3. The van der Waals surface area contributed by atoms with Crippen molar-refractivity contribution < 1.29 is 49.1 Å². The topological polar surface area (TPSA) is 168 Å². The molecule has 10 nitrogen and oxygen atoms in total. The van der Waals surface area contributed by atoms with Crippen LogP contribution in [-0.2, 0) is 28.7 Å². The Morgan fingerprint density at radius 3 is 1.61 bits per heavy atom. The summed E-state index contributed by atoms with van der Waals surface area (Å²) in [5.41, 5.74) is 0. The molecule has 4 N–H and O–H groups in total. The van der Waals surface area contributed by atoms with E-state index < -0.39 is 55.2 Å². The molecule has 0 aromatic heterocycles. The molecule has 38 heavy (non-hydrogen) atoms. The van der Waals surface area contributed by atoms with E-state index in [1.165, 1.54) is 57.8 Å². The number of hydrogen-bond donors (Lipinski definition) is 4. The van der Waals surface area contributed by atoms with Crippen LogP contribution in [0.2, 0.25) is 0 Å². The molecule has 0 aromatic carbocycles. The van der Waals surface area contributed by atoms with Gasteiger partial charge in [0, 0.05) is 19.3 Å². The van der Waals surface area contributed by atoms with Gasteiger partial charge in [0.05, 0.1) is 6.61 Å². The lowest BCUT2D eigenvalue weighted by molar-refractivity contribution is -0.171. The van der Waals surface area contributed by atoms with Crippen LogP contribution in [-0.4, -0.2) is 75.6 Å². The molecule has 0 heterocycles.